The van der Waals surface area contributed by atoms with E-state index < -0.39 is 0 Å². The van der Waals surface area contributed by atoms with E-state index in [0.29, 0.717) is 5.95 Å². The molecule has 0 aliphatic rings. The predicted molar refractivity (Wildman–Crippen MR) is 203 cm³/mol. The van der Waals surface area contributed by atoms with Crippen LogP contribution in [0.15, 0.2) is 140 Å². The summed E-state index contributed by atoms with van der Waals surface area (Å²) in [6, 6.07) is 50.0. The molecule has 47 heavy (non-hydrogen) atoms. The van der Waals surface area contributed by atoms with Gasteiger partial charge >= 0.3 is 0 Å². The summed E-state index contributed by atoms with van der Waals surface area (Å²) in [6.45, 7) is 0. The van der Waals surface area contributed by atoms with Crippen LogP contribution < -0.4 is 0 Å². The van der Waals surface area contributed by atoms with E-state index in [1.807, 2.05) is 22.7 Å². The molecule has 0 aliphatic carbocycles. The first kappa shape index (κ1) is 25.6. The van der Waals surface area contributed by atoms with E-state index in [4.69, 9.17) is 9.97 Å². The Hall–Kier alpha value is -5.62. The molecule has 0 amide bonds. The van der Waals surface area contributed by atoms with Crippen molar-refractivity contribution < 1.29 is 0 Å². The van der Waals surface area contributed by atoms with Gasteiger partial charge in [0.2, 0.25) is 5.95 Å². The highest BCUT2D eigenvalue weighted by Crippen LogP contribution is 2.51. The molecule has 0 aliphatic heterocycles. The summed E-state index contributed by atoms with van der Waals surface area (Å²) >= 11 is 3.79. The maximum absolute atomic E-state index is 5.49. The third-order valence-corrected chi connectivity index (χ3v) is 12.1. The molecule has 0 N–H and O–H groups in total. The predicted octanol–water partition coefficient (Wildman–Crippen LogP) is 12.3. The molecule has 218 valence electrons. The van der Waals surface area contributed by atoms with E-state index in [9.17, 15) is 0 Å². The zero-order valence-electron chi connectivity index (χ0n) is 24.9. The molecule has 0 spiro atoms. The fourth-order valence-corrected chi connectivity index (χ4v) is 10.3. The van der Waals surface area contributed by atoms with Crippen molar-refractivity contribution in [3.63, 3.8) is 0 Å². The number of thiophene rings is 2. The van der Waals surface area contributed by atoms with Gasteiger partial charge in [0.05, 0.1) is 36.3 Å². The second kappa shape index (κ2) is 9.46. The number of hydrogen-bond acceptors (Lipinski definition) is 4. The van der Waals surface area contributed by atoms with Crippen LogP contribution in [-0.4, -0.2) is 14.5 Å². The van der Waals surface area contributed by atoms with Crippen molar-refractivity contribution >= 4 is 106 Å². The molecule has 11 rings (SSSR count). The normalized spacial score (nSPS) is 12.3. The van der Waals surface area contributed by atoms with Gasteiger partial charge in [0.1, 0.15) is 0 Å². The van der Waals surface area contributed by atoms with Gasteiger partial charge in [0, 0.05) is 37.2 Å². The Labute approximate surface area is 276 Å². The molecule has 0 bridgehead atoms. The summed E-state index contributed by atoms with van der Waals surface area (Å²) in [7, 11) is 0. The van der Waals surface area contributed by atoms with Crippen LogP contribution in [0.1, 0.15) is 0 Å². The lowest BCUT2D eigenvalue weighted by atomic mass is 10.0. The summed E-state index contributed by atoms with van der Waals surface area (Å²) in [5, 5.41) is 10.9. The molecule has 11 aromatic rings. The van der Waals surface area contributed by atoms with Crippen molar-refractivity contribution in [1.82, 2.24) is 14.5 Å². The van der Waals surface area contributed by atoms with Crippen molar-refractivity contribution in [2.45, 2.75) is 0 Å². The number of benzene rings is 7. The minimum atomic E-state index is 0.700. The molecule has 0 saturated heterocycles. The van der Waals surface area contributed by atoms with E-state index in [2.05, 4.69) is 144 Å². The van der Waals surface area contributed by atoms with Gasteiger partial charge < -0.3 is 0 Å². The first-order valence-corrected chi connectivity index (χ1v) is 17.4. The van der Waals surface area contributed by atoms with E-state index in [1.165, 1.54) is 62.0 Å². The third kappa shape index (κ3) is 3.50. The van der Waals surface area contributed by atoms with Crippen molar-refractivity contribution in [3.8, 4) is 17.2 Å². The minimum Gasteiger partial charge on any atom is -0.275 e. The molecule has 0 atom stereocenters. The third-order valence-electron chi connectivity index (χ3n) is 9.59. The van der Waals surface area contributed by atoms with Gasteiger partial charge in [-0.25, -0.2) is 9.97 Å². The Kier molecular flexibility index (Phi) is 5.14. The summed E-state index contributed by atoms with van der Waals surface area (Å²) in [6.07, 6.45) is 0. The quantitative estimate of drug-likeness (QED) is 0.177. The van der Waals surface area contributed by atoms with E-state index in [1.54, 1.807) is 0 Å². The van der Waals surface area contributed by atoms with Gasteiger partial charge in [-0.15, -0.1) is 22.7 Å². The van der Waals surface area contributed by atoms with Crippen molar-refractivity contribution in [1.29, 1.82) is 0 Å². The summed E-state index contributed by atoms with van der Waals surface area (Å²) in [4.78, 5) is 11.0. The molecule has 0 saturated carbocycles. The first-order valence-electron chi connectivity index (χ1n) is 15.8. The van der Waals surface area contributed by atoms with Crippen molar-refractivity contribution in [2.75, 3.05) is 0 Å². The van der Waals surface area contributed by atoms with E-state index in [0.717, 1.165) is 33.1 Å². The first-order chi connectivity index (χ1) is 23.3. The van der Waals surface area contributed by atoms with Crippen LogP contribution in [0.5, 0.6) is 0 Å². The molecule has 4 heterocycles. The minimum absolute atomic E-state index is 0.700. The molecular formula is C42H23N3S2. The standard InChI is InChI=1S/C42H23N3S2/c1-2-13-27(14-3-1)35-31-21-18-25-11-5-8-16-29(25)36(31)44-42(43-35)45-37-30-17-9-6-12-26(30)19-22-32(37)39-38(45)41-40(47-39)34-28-15-7-4-10-24(28)20-23-33(34)46-41/h1-23H. The van der Waals surface area contributed by atoms with Gasteiger partial charge in [-0.1, -0.05) is 127 Å². The van der Waals surface area contributed by atoms with Gasteiger partial charge in [-0.05, 0) is 33.7 Å². The lowest BCUT2D eigenvalue weighted by molar-refractivity contribution is 1.02. The SMILES string of the molecule is c1ccc(-c2nc(-n3c4c5ccccc5ccc4c4sc5c(sc6ccc7ccccc7c65)c43)nc3c2ccc2ccccc23)cc1. The van der Waals surface area contributed by atoms with Gasteiger partial charge in [-0.3, -0.25) is 4.57 Å². The lowest BCUT2D eigenvalue weighted by Crippen LogP contribution is -2.04. The number of rotatable bonds is 2. The van der Waals surface area contributed by atoms with Crippen LogP contribution in [0.3, 0.4) is 0 Å². The van der Waals surface area contributed by atoms with E-state index >= 15 is 0 Å². The zero-order valence-corrected chi connectivity index (χ0v) is 26.6. The average Bonchev–Trinajstić information content (AvgIpc) is 3.79. The Morgan fingerprint density at radius 3 is 1.87 bits per heavy atom. The Bertz CT molecular complexity index is 3070. The van der Waals surface area contributed by atoms with Crippen LogP contribution >= 0.6 is 22.7 Å². The second-order valence-electron chi connectivity index (χ2n) is 12.1. The molecule has 0 unspecified atom stereocenters. The Morgan fingerprint density at radius 1 is 0.426 bits per heavy atom. The number of nitrogens with zero attached hydrogens (tertiary/aromatic N) is 3. The molecule has 0 radical (unpaired) electrons. The lowest BCUT2D eigenvalue weighted by Gasteiger charge is -2.14. The van der Waals surface area contributed by atoms with Crippen LogP contribution in [0, 0.1) is 0 Å². The van der Waals surface area contributed by atoms with Gasteiger partial charge in [0.15, 0.2) is 0 Å². The topological polar surface area (TPSA) is 30.7 Å². The highest BCUT2D eigenvalue weighted by molar-refractivity contribution is 7.37. The van der Waals surface area contributed by atoms with Gasteiger partial charge in [0.25, 0.3) is 0 Å². The number of hydrogen-bond donors (Lipinski definition) is 0. The monoisotopic (exact) mass is 633 g/mol. The molecule has 3 nitrogen and oxygen atoms in total. The maximum Gasteiger partial charge on any atom is 0.235 e. The van der Waals surface area contributed by atoms with Crippen LogP contribution in [0.25, 0.3) is 101 Å². The molecular weight excluding hydrogens is 611 g/mol. The fraction of sp³-hybridized carbons (Fsp3) is 0. The largest absolute Gasteiger partial charge is 0.275 e. The summed E-state index contributed by atoms with van der Waals surface area (Å²) < 4.78 is 7.59. The van der Waals surface area contributed by atoms with Crippen molar-refractivity contribution in [3.05, 3.63) is 140 Å². The fourth-order valence-electron chi connectivity index (χ4n) is 7.49. The van der Waals surface area contributed by atoms with Gasteiger partial charge in [-0.2, -0.15) is 0 Å². The molecule has 5 heteroatoms. The van der Waals surface area contributed by atoms with E-state index in [-0.39, 0.29) is 0 Å². The Morgan fingerprint density at radius 2 is 1.06 bits per heavy atom. The van der Waals surface area contributed by atoms with Crippen molar-refractivity contribution in [2.24, 2.45) is 0 Å². The number of fused-ring (bicyclic) bond motifs is 14. The smallest absolute Gasteiger partial charge is 0.235 e. The van der Waals surface area contributed by atoms with Crippen LogP contribution in [0.2, 0.25) is 0 Å². The molecule has 7 aromatic carbocycles. The second-order valence-corrected chi connectivity index (χ2v) is 14.2. The summed E-state index contributed by atoms with van der Waals surface area (Å²) in [5.41, 5.74) is 5.35. The molecule has 4 aromatic heterocycles. The average molecular weight is 634 g/mol. The highest BCUT2D eigenvalue weighted by Gasteiger charge is 2.25. The highest BCUT2D eigenvalue weighted by atomic mass is 32.1. The zero-order chi connectivity index (χ0) is 30.6. The van der Waals surface area contributed by atoms with Crippen LogP contribution in [0.4, 0.5) is 0 Å². The number of aromatic nitrogens is 3. The van der Waals surface area contributed by atoms with Crippen LogP contribution in [-0.2, 0) is 0 Å². The maximum atomic E-state index is 5.49. The molecule has 0 fully saturated rings. The Balaban J connectivity index is 1.37. The summed E-state index contributed by atoms with van der Waals surface area (Å²) in [5.74, 6) is 0.700.